The van der Waals surface area contributed by atoms with Crippen LogP contribution in [0.2, 0.25) is 0 Å². The van der Waals surface area contributed by atoms with Crippen LogP contribution in [0.4, 0.5) is 5.69 Å². The zero-order chi connectivity index (χ0) is 16.9. The van der Waals surface area contributed by atoms with Crippen molar-refractivity contribution in [1.82, 2.24) is 4.98 Å². The summed E-state index contributed by atoms with van der Waals surface area (Å²) >= 11 is 0. The predicted molar refractivity (Wildman–Crippen MR) is 91.1 cm³/mol. The van der Waals surface area contributed by atoms with E-state index >= 15 is 0 Å². The first-order valence-electron chi connectivity index (χ1n) is 7.61. The Labute approximate surface area is 140 Å². The highest BCUT2D eigenvalue weighted by Crippen LogP contribution is 2.19. The second-order valence-corrected chi connectivity index (χ2v) is 5.57. The molecule has 3 aromatic rings. The van der Waals surface area contributed by atoms with Crippen molar-refractivity contribution >= 4 is 11.6 Å². The Balaban J connectivity index is 1.62. The summed E-state index contributed by atoms with van der Waals surface area (Å²) < 4.78 is 11.3. The van der Waals surface area contributed by atoms with Gasteiger partial charge in [0.1, 0.15) is 18.1 Å². The Bertz CT molecular complexity index is 821. The van der Waals surface area contributed by atoms with Crippen LogP contribution in [0, 0.1) is 13.8 Å². The maximum absolute atomic E-state index is 12.1. The van der Waals surface area contributed by atoms with E-state index in [1.54, 1.807) is 36.7 Å². The first-order chi connectivity index (χ1) is 11.6. The molecule has 0 saturated heterocycles. The summed E-state index contributed by atoms with van der Waals surface area (Å²) in [5, 5.41) is 2.75. The number of anilines is 1. The second-order valence-electron chi connectivity index (χ2n) is 5.57. The summed E-state index contributed by atoms with van der Waals surface area (Å²) in [6.07, 6.45) is 3.22. The summed E-state index contributed by atoms with van der Waals surface area (Å²) in [7, 11) is 0. The fraction of sp³-hybridized carbons (Fsp3) is 0.158. The standard InChI is InChI=1S/C19H18N2O3/c1-13-9-14(2)11-17(10-13)23-12-16-3-4-18(24-16)19(22)21-15-5-7-20-8-6-15/h3-11H,12H2,1-2H3,(H,20,21,22). The number of nitrogens with one attached hydrogen (secondary N) is 1. The highest BCUT2D eigenvalue weighted by Gasteiger charge is 2.12. The molecule has 0 aliphatic carbocycles. The van der Waals surface area contributed by atoms with Crippen molar-refractivity contribution < 1.29 is 13.9 Å². The molecule has 5 heteroatoms. The van der Waals surface area contributed by atoms with Crippen LogP contribution in [0.15, 0.2) is 59.3 Å². The number of ether oxygens (including phenoxy) is 1. The van der Waals surface area contributed by atoms with Gasteiger partial charge in [-0.2, -0.15) is 0 Å². The zero-order valence-electron chi connectivity index (χ0n) is 13.6. The number of amides is 1. The summed E-state index contributed by atoms with van der Waals surface area (Å²) in [6, 6.07) is 12.8. The average Bonchev–Trinajstić information content (AvgIpc) is 3.02. The molecule has 1 aromatic carbocycles. The molecule has 24 heavy (non-hydrogen) atoms. The normalized spacial score (nSPS) is 10.4. The number of carbonyl (C=O) groups is 1. The van der Waals surface area contributed by atoms with E-state index in [0.717, 1.165) is 16.9 Å². The van der Waals surface area contributed by atoms with E-state index in [-0.39, 0.29) is 18.3 Å². The monoisotopic (exact) mass is 322 g/mol. The molecular formula is C19H18N2O3. The van der Waals surface area contributed by atoms with Crippen molar-refractivity contribution in [1.29, 1.82) is 0 Å². The fourth-order valence-electron chi connectivity index (χ4n) is 2.38. The van der Waals surface area contributed by atoms with Crippen LogP contribution in [-0.2, 0) is 6.61 Å². The van der Waals surface area contributed by atoms with E-state index in [9.17, 15) is 4.79 Å². The molecule has 1 amide bonds. The van der Waals surface area contributed by atoms with Crippen molar-refractivity contribution in [3.8, 4) is 5.75 Å². The predicted octanol–water partition coefficient (Wildman–Crippen LogP) is 4.12. The number of hydrogen-bond donors (Lipinski definition) is 1. The molecule has 0 aliphatic rings. The molecule has 2 aromatic heterocycles. The van der Waals surface area contributed by atoms with Crippen LogP contribution in [0.5, 0.6) is 5.75 Å². The molecule has 0 aliphatic heterocycles. The number of aromatic nitrogens is 1. The lowest BCUT2D eigenvalue weighted by Crippen LogP contribution is -2.10. The van der Waals surface area contributed by atoms with Gasteiger partial charge in [-0.05, 0) is 61.4 Å². The molecule has 0 radical (unpaired) electrons. The Morgan fingerprint density at radius 1 is 1.08 bits per heavy atom. The van der Waals surface area contributed by atoms with E-state index in [4.69, 9.17) is 9.15 Å². The van der Waals surface area contributed by atoms with Gasteiger partial charge in [-0.1, -0.05) is 6.07 Å². The molecule has 0 saturated carbocycles. The number of furan rings is 1. The minimum Gasteiger partial charge on any atom is -0.486 e. The van der Waals surface area contributed by atoms with E-state index in [0.29, 0.717) is 11.4 Å². The molecule has 0 fully saturated rings. The highest BCUT2D eigenvalue weighted by molar-refractivity contribution is 6.02. The number of aryl methyl sites for hydroxylation is 2. The van der Waals surface area contributed by atoms with E-state index < -0.39 is 0 Å². The maximum atomic E-state index is 12.1. The van der Waals surface area contributed by atoms with Gasteiger partial charge < -0.3 is 14.5 Å². The Morgan fingerprint density at radius 3 is 2.50 bits per heavy atom. The zero-order valence-corrected chi connectivity index (χ0v) is 13.6. The van der Waals surface area contributed by atoms with Gasteiger partial charge in [-0.25, -0.2) is 0 Å². The van der Waals surface area contributed by atoms with Crippen LogP contribution in [0.25, 0.3) is 0 Å². The first-order valence-corrected chi connectivity index (χ1v) is 7.61. The van der Waals surface area contributed by atoms with E-state index in [1.807, 2.05) is 26.0 Å². The number of hydrogen-bond acceptors (Lipinski definition) is 4. The number of carbonyl (C=O) groups excluding carboxylic acids is 1. The number of pyridine rings is 1. The van der Waals surface area contributed by atoms with Crippen LogP contribution in [-0.4, -0.2) is 10.9 Å². The lowest BCUT2D eigenvalue weighted by Gasteiger charge is -2.06. The SMILES string of the molecule is Cc1cc(C)cc(OCc2ccc(C(=O)Nc3ccncc3)o2)c1. The van der Waals surface area contributed by atoms with Gasteiger partial charge in [0.25, 0.3) is 5.91 Å². The lowest BCUT2D eigenvalue weighted by atomic mass is 10.1. The van der Waals surface area contributed by atoms with E-state index in [2.05, 4.69) is 16.4 Å². The van der Waals surface area contributed by atoms with Gasteiger partial charge in [0.15, 0.2) is 5.76 Å². The van der Waals surface area contributed by atoms with Crippen molar-refractivity contribution in [3.63, 3.8) is 0 Å². The van der Waals surface area contributed by atoms with Gasteiger partial charge in [-0.15, -0.1) is 0 Å². The second kappa shape index (κ2) is 7.00. The number of rotatable bonds is 5. The molecule has 3 rings (SSSR count). The number of benzene rings is 1. The molecule has 2 heterocycles. The molecular weight excluding hydrogens is 304 g/mol. The van der Waals surface area contributed by atoms with Crippen molar-refractivity contribution in [3.05, 3.63) is 77.5 Å². The summed E-state index contributed by atoms with van der Waals surface area (Å²) in [5.41, 5.74) is 2.95. The van der Waals surface area contributed by atoms with Crippen molar-refractivity contribution in [2.24, 2.45) is 0 Å². The topological polar surface area (TPSA) is 64.4 Å². The quantitative estimate of drug-likeness (QED) is 0.767. The first kappa shape index (κ1) is 15.8. The third kappa shape index (κ3) is 4.01. The summed E-state index contributed by atoms with van der Waals surface area (Å²) in [5.74, 6) is 1.31. The maximum Gasteiger partial charge on any atom is 0.291 e. The van der Waals surface area contributed by atoms with Crippen LogP contribution < -0.4 is 10.1 Å². The molecule has 1 N–H and O–H groups in total. The van der Waals surface area contributed by atoms with Gasteiger partial charge in [0, 0.05) is 18.1 Å². The molecule has 0 atom stereocenters. The third-order valence-corrected chi connectivity index (χ3v) is 3.40. The molecule has 5 nitrogen and oxygen atoms in total. The molecule has 122 valence electrons. The molecule has 0 unspecified atom stereocenters. The van der Waals surface area contributed by atoms with Crippen molar-refractivity contribution in [2.45, 2.75) is 20.5 Å². The Kier molecular flexibility index (Phi) is 4.61. The number of nitrogens with zero attached hydrogens (tertiary/aromatic N) is 1. The molecule has 0 bridgehead atoms. The summed E-state index contributed by atoms with van der Waals surface area (Å²) in [6.45, 7) is 4.31. The smallest absolute Gasteiger partial charge is 0.291 e. The summed E-state index contributed by atoms with van der Waals surface area (Å²) in [4.78, 5) is 16.0. The minimum absolute atomic E-state index is 0.242. The fourth-order valence-corrected chi connectivity index (χ4v) is 2.38. The third-order valence-electron chi connectivity index (χ3n) is 3.40. The Hall–Kier alpha value is -3.08. The van der Waals surface area contributed by atoms with Gasteiger partial charge in [0.05, 0.1) is 0 Å². The highest BCUT2D eigenvalue weighted by atomic mass is 16.5. The molecule has 0 spiro atoms. The average molecular weight is 322 g/mol. The van der Waals surface area contributed by atoms with Crippen LogP contribution in [0.3, 0.4) is 0 Å². The van der Waals surface area contributed by atoms with Crippen LogP contribution >= 0.6 is 0 Å². The van der Waals surface area contributed by atoms with Crippen molar-refractivity contribution in [2.75, 3.05) is 5.32 Å². The lowest BCUT2D eigenvalue weighted by molar-refractivity contribution is 0.0992. The Morgan fingerprint density at radius 2 is 1.79 bits per heavy atom. The van der Waals surface area contributed by atoms with Gasteiger partial charge in [-0.3, -0.25) is 9.78 Å². The van der Waals surface area contributed by atoms with Crippen LogP contribution in [0.1, 0.15) is 27.4 Å². The minimum atomic E-state index is -0.307. The van der Waals surface area contributed by atoms with E-state index in [1.165, 1.54) is 0 Å². The van der Waals surface area contributed by atoms with Gasteiger partial charge >= 0.3 is 0 Å². The van der Waals surface area contributed by atoms with Gasteiger partial charge in [0.2, 0.25) is 0 Å². The largest absolute Gasteiger partial charge is 0.486 e.